The number of hydrogen-bond donors (Lipinski definition) is 1. The highest BCUT2D eigenvalue weighted by atomic mass is 79.9. The Balaban J connectivity index is 2.08. The van der Waals surface area contributed by atoms with Crippen molar-refractivity contribution < 1.29 is 0 Å². The van der Waals surface area contributed by atoms with Crippen LogP contribution < -0.4 is 5.32 Å². The summed E-state index contributed by atoms with van der Waals surface area (Å²) >= 11 is 3.49. The van der Waals surface area contributed by atoms with E-state index in [2.05, 4.69) is 63.3 Å². The van der Waals surface area contributed by atoms with Crippen LogP contribution in [0.5, 0.6) is 0 Å². The third kappa shape index (κ3) is 2.51. The molecule has 1 aromatic heterocycles. The maximum atomic E-state index is 4.36. The van der Waals surface area contributed by atoms with Gasteiger partial charge in [-0.2, -0.15) is 0 Å². The highest BCUT2D eigenvalue weighted by Gasteiger charge is 2.06. The van der Waals surface area contributed by atoms with Crippen LogP contribution >= 0.6 is 15.9 Å². The lowest BCUT2D eigenvalue weighted by Crippen LogP contribution is -1.98. The highest BCUT2D eigenvalue weighted by molar-refractivity contribution is 9.10. The van der Waals surface area contributed by atoms with Crippen molar-refractivity contribution >= 4 is 38.3 Å². The van der Waals surface area contributed by atoms with Crippen LogP contribution in [-0.4, -0.2) is 9.97 Å². The molecule has 3 aromatic rings. The van der Waals surface area contributed by atoms with Crippen molar-refractivity contribution in [2.75, 3.05) is 5.32 Å². The zero-order chi connectivity index (χ0) is 14.1. The molecule has 1 N–H and O–H groups in total. The zero-order valence-corrected chi connectivity index (χ0v) is 12.9. The van der Waals surface area contributed by atoms with Gasteiger partial charge in [-0.1, -0.05) is 33.6 Å². The van der Waals surface area contributed by atoms with Gasteiger partial charge in [-0.25, -0.2) is 9.97 Å². The van der Waals surface area contributed by atoms with Crippen molar-refractivity contribution in [2.24, 2.45) is 0 Å². The normalized spacial score (nSPS) is 10.8. The van der Waals surface area contributed by atoms with Gasteiger partial charge in [0.15, 0.2) is 0 Å². The first-order chi connectivity index (χ1) is 9.63. The van der Waals surface area contributed by atoms with Crippen molar-refractivity contribution in [3.8, 4) is 0 Å². The molecule has 0 amide bonds. The molecule has 4 heteroatoms. The van der Waals surface area contributed by atoms with E-state index in [4.69, 9.17) is 0 Å². The molecule has 2 aromatic carbocycles. The number of anilines is 2. The van der Waals surface area contributed by atoms with Crippen LogP contribution in [-0.2, 0) is 0 Å². The topological polar surface area (TPSA) is 37.8 Å². The van der Waals surface area contributed by atoms with E-state index in [0.717, 1.165) is 26.9 Å². The van der Waals surface area contributed by atoms with Crippen LogP contribution in [0.15, 0.2) is 47.2 Å². The van der Waals surface area contributed by atoms with Gasteiger partial charge in [0.1, 0.15) is 12.1 Å². The number of halogens is 1. The number of aromatic nitrogens is 2. The number of nitrogens with zero attached hydrogens (tertiary/aromatic N) is 2. The summed E-state index contributed by atoms with van der Waals surface area (Å²) in [6, 6.07) is 12.3. The summed E-state index contributed by atoms with van der Waals surface area (Å²) in [5.74, 6) is 0.822. The Morgan fingerprint density at radius 2 is 1.85 bits per heavy atom. The first-order valence-corrected chi connectivity index (χ1v) is 7.17. The van der Waals surface area contributed by atoms with Gasteiger partial charge in [0.2, 0.25) is 0 Å². The van der Waals surface area contributed by atoms with Gasteiger partial charge in [-0.05, 0) is 43.7 Å². The van der Waals surface area contributed by atoms with Gasteiger partial charge in [0.25, 0.3) is 0 Å². The summed E-state index contributed by atoms with van der Waals surface area (Å²) in [6.45, 7) is 4.18. The van der Waals surface area contributed by atoms with Gasteiger partial charge >= 0.3 is 0 Å². The maximum Gasteiger partial charge on any atom is 0.141 e. The van der Waals surface area contributed by atoms with Crippen LogP contribution in [0.25, 0.3) is 10.9 Å². The summed E-state index contributed by atoms with van der Waals surface area (Å²) in [5.41, 5.74) is 4.45. The fourth-order valence-electron chi connectivity index (χ4n) is 2.21. The lowest BCUT2D eigenvalue weighted by atomic mass is 10.1. The fraction of sp³-hybridized carbons (Fsp3) is 0.125. The van der Waals surface area contributed by atoms with E-state index in [1.165, 1.54) is 11.1 Å². The van der Waals surface area contributed by atoms with Crippen LogP contribution in [0, 0.1) is 13.8 Å². The fourth-order valence-corrected chi connectivity index (χ4v) is 2.57. The Labute approximate surface area is 126 Å². The van der Waals surface area contributed by atoms with E-state index in [0.29, 0.717) is 0 Å². The molecule has 0 fully saturated rings. The Kier molecular flexibility index (Phi) is 3.40. The van der Waals surface area contributed by atoms with Crippen LogP contribution in [0.4, 0.5) is 11.5 Å². The summed E-state index contributed by atoms with van der Waals surface area (Å²) in [6.07, 6.45) is 1.59. The van der Waals surface area contributed by atoms with Crippen LogP contribution in [0.1, 0.15) is 11.1 Å². The second-order valence-corrected chi connectivity index (χ2v) is 5.74. The molecule has 3 rings (SSSR count). The molecule has 1 heterocycles. The van der Waals surface area contributed by atoms with Gasteiger partial charge in [-0.3, -0.25) is 0 Å². The molecular formula is C16H14BrN3. The molecule has 0 saturated carbocycles. The Hall–Kier alpha value is -1.94. The van der Waals surface area contributed by atoms with Crippen LogP contribution in [0.3, 0.4) is 0 Å². The van der Waals surface area contributed by atoms with Gasteiger partial charge in [0, 0.05) is 15.5 Å². The molecular weight excluding hydrogens is 314 g/mol. The maximum absolute atomic E-state index is 4.36. The SMILES string of the molecule is Cc1ccc(Nc2ncnc3ccc(Br)cc23)c(C)c1. The average Bonchev–Trinajstić information content (AvgIpc) is 2.42. The third-order valence-electron chi connectivity index (χ3n) is 3.23. The Morgan fingerprint density at radius 3 is 2.65 bits per heavy atom. The predicted molar refractivity (Wildman–Crippen MR) is 86.4 cm³/mol. The number of aryl methyl sites for hydroxylation is 2. The minimum atomic E-state index is 0.822. The van der Waals surface area contributed by atoms with E-state index in [9.17, 15) is 0 Å². The predicted octanol–water partition coefficient (Wildman–Crippen LogP) is 4.75. The lowest BCUT2D eigenvalue weighted by Gasteiger charge is -2.11. The smallest absolute Gasteiger partial charge is 0.141 e. The summed E-state index contributed by atoms with van der Waals surface area (Å²) in [7, 11) is 0. The second-order valence-electron chi connectivity index (χ2n) is 4.83. The van der Waals surface area contributed by atoms with Gasteiger partial charge in [0.05, 0.1) is 5.52 Å². The lowest BCUT2D eigenvalue weighted by molar-refractivity contribution is 1.21. The molecule has 3 nitrogen and oxygen atoms in total. The van der Waals surface area contributed by atoms with E-state index < -0.39 is 0 Å². The minimum absolute atomic E-state index is 0.822. The van der Waals surface area contributed by atoms with Crippen molar-refractivity contribution in [1.82, 2.24) is 9.97 Å². The largest absolute Gasteiger partial charge is 0.339 e. The van der Waals surface area contributed by atoms with Gasteiger partial charge < -0.3 is 5.32 Å². The molecule has 20 heavy (non-hydrogen) atoms. The standard InChI is InChI=1S/C16H14BrN3/c1-10-3-5-14(11(2)7-10)20-16-13-8-12(17)4-6-15(13)18-9-19-16/h3-9H,1-2H3,(H,18,19,20). The molecule has 0 aliphatic heterocycles. The molecule has 0 aliphatic rings. The quantitative estimate of drug-likeness (QED) is 0.737. The molecule has 0 aliphatic carbocycles. The molecule has 0 spiro atoms. The van der Waals surface area contributed by atoms with E-state index >= 15 is 0 Å². The first kappa shape index (κ1) is 13.1. The van der Waals surface area contributed by atoms with E-state index in [1.54, 1.807) is 6.33 Å². The van der Waals surface area contributed by atoms with Crippen molar-refractivity contribution in [3.05, 3.63) is 58.3 Å². The number of fused-ring (bicyclic) bond motifs is 1. The Morgan fingerprint density at radius 1 is 1.00 bits per heavy atom. The molecule has 0 unspecified atom stereocenters. The van der Waals surface area contributed by atoms with Crippen molar-refractivity contribution in [3.63, 3.8) is 0 Å². The van der Waals surface area contributed by atoms with Crippen molar-refractivity contribution in [2.45, 2.75) is 13.8 Å². The number of nitrogens with one attached hydrogen (secondary N) is 1. The zero-order valence-electron chi connectivity index (χ0n) is 11.3. The minimum Gasteiger partial charge on any atom is -0.339 e. The summed E-state index contributed by atoms with van der Waals surface area (Å²) in [5, 5.41) is 4.40. The Bertz CT molecular complexity index is 784. The average molecular weight is 328 g/mol. The third-order valence-corrected chi connectivity index (χ3v) is 3.73. The molecule has 0 saturated heterocycles. The number of hydrogen-bond acceptors (Lipinski definition) is 3. The van der Waals surface area contributed by atoms with Gasteiger partial charge in [-0.15, -0.1) is 0 Å². The molecule has 0 radical (unpaired) electrons. The summed E-state index contributed by atoms with van der Waals surface area (Å²) < 4.78 is 1.02. The molecule has 0 atom stereocenters. The van der Waals surface area contributed by atoms with E-state index in [-0.39, 0.29) is 0 Å². The monoisotopic (exact) mass is 327 g/mol. The molecule has 100 valence electrons. The summed E-state index contributed by atoms with van der Waals surface area (Å²) in [4.78, 5) is 8.65. The van der Waals surface area contributed by atoms with Crippen molar-refractivity contribution in [1.29, 1.82) is 0 Å². The number of rotatable bonds is 2. The van der Waals surface area contributed by atoms with Crippen LogP contribution in [0.2, 0.25) is 0 Å². The second kappa shape index (κ2) is 5.21. The van der Waals surface area contributed by atoms with E-state index in [1.807, 2.05) is 18.2 Å². The first-order valence-electron chi connectivity index (χ1n) is 6.38. The molecule has 0 bridgehead atoms. The number of benzene rings is 2. The highest BCUT2D eigenvalue weighted by Crippen LogP contribution is 2.27.